The summed E-state index contributed by atoms with van der Waals surface area (Å²) >= 11 is 0. The highest BCUT2D eigenvalue weighted by atomic mass is 35.5. The second-order valence-corrected chi connectivity index (χ2v) is 4.57. The smallest absolute Gasteiger partial charge is 0.244 e. The van der Waals surface area contributed by atoms with Gasteiger partial charge in [0.15, 0.2) is 0 Å². The lowest BCUT2D eigenvalue weighted by Gasteiger charge is -2.19. The molecule has 1 amide bonds. The number of amides is 1. The molecular weight excluding hydrogens is 311 g/mol. The van der Waals surface area contributed by atoms with Crippen LogP contribution < -0.4 is 10.6 Å². The molecule has 21 heavy (non-hydrogen) atoms. The standard InChI is InChI=1S/C14H18N4O.2ClH/c1-17-10-12(9-16-17)18(2)14(19)13(15)8-11-6-4-3-5-7-11;;/h3-7,9-10,13H,8,15H2,1-2H3;2*1H. The molecule has 0 spiro atoms. The minimum absolute atomic E-state index is 0. The predicted molar refractivity (Wildman–Crippen MR) is 89.2 cm³/mol. The number of nitrogens with zero attached hydrogens (tertiary/aromatic N) is 3. The molecule has 1 aromatic heterocycles. The summed E-state index contributed by atoms with van der Waals surface area (Å²) in [5.41, 5.74) is 7.78. The van der Waals surface area contributed by atoms with Crippen LogP contribution in [0, 0.1) is 0 Å². The third-order valence-electron chi connectivity index (χ3n) is 3.02. The number of rotatable bonds is 4. The van der Waals surface area contributed by atoms with Crippen molar-refractivity contribution in [1.29, 1.82) is 0 Å². The summed E-state index contributed by atoms with van der Waals surface area (Å²) < 4.78 is 1.65. The normalized spacial score (nSPS) is 11.0. The second-order valence-electron chi connectivity index (χ2n) is 4.57. The maximum absolute atomic E-state index is 12.2. The molecular formula is C14H20Cl2N4O. The molecule has 0 saturated carbocycles. The van der Waals surface area contributed by atoms with E-state index in [9.17, 15) is 4.79 Å². The Morgan fingerprint density at radius 1 is 1.33 bits per heavy atom. The third kappa shape index (κ3) is 5.04. The van der Waals surface area contributed by atoms with Crippen molar-refractivity contribution in [1.82, 2.24) is 9.78 Å². The van der Waals surface area contributed by atoms with Gasteiger partial charge >= 0.3 is 0 Å². The average Bonchev–Trinajstić information content (AvgIpc) is 2.85. The van der Waals surface area contributed by atoms with E-state index in [0.717, 1.165) is 11.3 Å². The highest BCUT2D eigenvalue weighted by Gasteiger charge is 2.20. The first kappa shape index (κ1) is 19.4. The Hall–Kier alpha value is -1.56. The van der Waals surface area contributed by atoms with Crippen molar-refractivity contribution >= 4 is 36.4 Å². The highest BCUT2D eigenvalue weighted by molar-refractivity contribution is 5.96. The van der Waals surface area contributed by atoms with Gasteiger partial charge in [-0.2, -0.15) is 5.10 Å². The lowest BCUT2D eigenvalue weighted by atomic mass is 10.1. The van der Waals surface area contributed by atoms with E-state index in [1.165, 1.54) is 0 Å². The van der Waals surface area contributed by atoms with Crippen molar-refractivity contribution in [2.45, 2.75) is 12.5 Å². The average molecular weight is 331 g/mol. The van der Waals surface area contributed by atoms with E-state index in [1.54, 1.807) is 29.0 Å². The summed E-state index contributed by atoms with van der Waals surface area (Å²) in [5, 5.41) is 4.05. The van der Waals surface area contributed by atoms with E-state index in [2.05, 4.69) is 5.10 Å². The predicted octanol–water partition coefficient (Wildman–Crippen LogP) is 1.80. The number of carbonyl (C=O) groups excluding carboxylic acids is 1. The number of aromatic nitrogens is 2. The molecule has 1 atom stereocenters. The fourth-order valence-corrected chi connectivity index (χ4v) is 1.91. The lowest BCUT2D eigenvalue weighted by Crippen LogP contribution is -2.43. The monoisotopic (exact) mass is 330 g/mol. The zero-order chi connectivity index (χ0) is 13.8. The fourth-order valence-electron chi connectivity index (χ4n) is 1.91. The first-order valence-electron chi connectivity index (χ1n) is 6.13. The molecule has 0 aliphatic carbocycles. The Morgan fingerprint density at radius 2 is 1.95 bits per heavy atom. The maximum Gasteiger partial charge on any atom is 0.244 e. The first-order chi connectivity index (χ1) is 9.08. The van der Waals surface area contributed by atoms with Gasteiger partial charge in [-0.05, 0) is 12.0 Å². The first-order valence-corrected chi connectivity index (χ1v) is 6.13. The number of carbonyl (C=O) groups is 1. The molecule has 2 N–H and O–H groups in total. The van der Waals surface area contributed by atoms with Crippen molar-refractivity contribution < 1.29 is 4.79 Å². The summed E-state index contributed by atoms with van der Waals surface area (Å²) in [5.74, 6) is -0.114. The molecule has 1 aromatic carbocycles. The van der Waals surface area contributed by atoms with Crippen LogP contribution >= 0.6 is 24.8 Å². The van der Waals surface area contributed by atoms with E-state index < -0.39 is 6.04 Å². The number of anilines is 1. The summed E-state index contributed by atoms with van der Waals surface area (Å²) in [6.07, 6.45) is 3.96. The van der Waals surface area contributed by atoms with Crippen molar-refractivity contribution in [3.05, 3.63) is 48.3 Å². The largest absolute Gasteiger partial charge is 0.320 e. The van der Waals surface area contributed by atoms with E-state index >= 15 is 0 Å². The Labute approximate surface area is 136 Å². The molecule has 2 aromatic rings. The molecule has 0 saturated heterocycles. The lowest BCUT2D eigenvalue weighted by molar-refractivity contribution is -0.119. The molecule has 0 aliphatic heterocycles. The minimum Gasteiger partial charge on any atom is -0.320 e. The Balaban J connectivity index is 0.00000200. The Bertz CT molecular complexity index is 559. The second kappa shape index (κ2) is 8.67. The van der Waals surface area contributed by atoms with Crippen LogP contribution in [0.15, 0.2) is 42.7 Å². The molecule has 1 heterocycles. The van der Waals surface area contributed by atoms with Gasteiger partial charge in [0.05, 0.1) is 17.9 Å². The number of nitrogens with two attached hydrogens (primary N) is 1. The van der Waals surface area contributed by atoms with Crippen LogP contribution in [-0.4, -0.2) is 28.8 Å². The van der Waals surface area contributed by atoms with E-state index in [-0.39, 0.29) is 30.7 Å². The van der Waals surface area contributed by atoms with E-state index in [0.29, 0.717) is 6.42 Å². The Kier molecular flexibility index (Phi) is 8.02. The number of likely N-dealkylation sites (N-methyl/N-ethyl adjacent to an activating group) is 1. The third-order valence-corrected chi connectivity index (χ3v) is 3.02. The minimum atomic E-state index is -0.549. The summed E-state index contributed by atoms with van der Waals surface area (Å²) in [4.78, 5) is 13.8. The van der Waals surface area contributed by atoms with Crippen LogP contribution in [0.1, 0.15) is 5.56 Å². The summed E-state index contributed by atoms with van der Waals surface area (Å²) in [6.45, 7) is 0. The number of halogens is 2. The van der Waals surface area contributed by atoms with Crippen LogP contribution in [0.2, 0.25) is 0 Å². The molecule has 0 fully saturated rings. The van der Waals surface area contributed by atoms with Gasteiger partial charge in [0.2, 0.25) is 5.91 Å². The van der Waals surface area contributed by atoms with Gasteiger partial charge in [-0.3, -0.25) is 9.48 Å². The van der Waals surface area contributed by atoms with Gasteiger partial charge < -0.3 is 10.6 Å². The number of hydrogen-bond donors (Lipinski definition) is 1. The quantitative estimate of drug-likeness (QED) is 0.929. The van der Waals surface area contributed by atoms with Crippen LogP contribution in [0.5, 0.6) is 0 Å². The fraction of sp³-hybridized carbons (Fsp3) is 0.286. The zero-order valence-electron chi connectivity index (χ0n) is 12.0. The maximum atomic E-state index is 12.2. The molecule has 2 rings (SSSR count). The molecule has 116 valence electrons. The Morgan fingerprint density at radius 3 is 2.48 bits per heavy atom. The molecule has 5 nitrogen and oxygen atoms in total. The summed E-state index contributed by atoms with van der Waals surface area (Å²) in [7, 11) is 3.52. The van der Waals surface area contributed by atoms with Gasteiger partial charge in [-0.25, -0.2) is 0 Å². The van der Waals surface area contributed by atoms with Crippen LogP contribution in [-0.2, 0) is 18.3 Å². The molecule has 0 aliphatic rings. The zero-order valence-corrected chi connectivity index (χ0v) is 13.6. The van der Waals surface area contributed by atoms with Gasteiger partial charge in [-0.1, -0.05) is 30.3 Å². The number of aryl methyl sites for hydroxylation is 1. The molecule has 1 unspecified atom stereocenters. The van der Waals surface area contributed by atoms with Crippen molar-refractivity contribution in [2.75, 3.05) is 11.9 Å². The van der Waals surface area contributed by atoms with Crippen LogP contribution in [0.3, 0.4) is 0 Å². The highest BCUT2D eigenvalue weighted by Crippen LogP contribution is 2.12. The van der Waals surface area contributed by atoms with Crippen LogP contribution in [0.4, 0.5) is 5.69 Å². The number of benzene rings is 1. The molecule has 7 heteroatoms. The van der Waals surface area contributed by atoms with Crippen molar-refractivity contribution in [3.63, 3.8) is 0 Å². The van der Waals surface area contributed by atoms with Crippen LogP contribution in [0.25, 0.3) is 0 Å². The van der Waals surface area contributed by atoms with Gasteiger partial charge in [0.25, 0.3) is 0 Å². The van der Waals surface area contributed by atoms with Gasteiger partial charge in [-0.15, -0.1) is 24.8 Å². The van der Waals surface area contributed by atoms with Gasteiger partial charge in [0, 0.05) is 20.3 Å². The van der Waals surface area contributed by atoms with Gasteiger partial charge in [0.1, 0.15) is 0 Å². The van der Waals surface area contributed by atoms with E-state index in [4.69, 9.17) is 5.73 Å². The molecule has 0 radical (unpaired) electrons. The van der Waals surface area contributed by atoms with E-state index in [1.807, 2.05) is 37.4 Å². The van der Waals surface area contributed by atoms with Crippen molar-refractivity contribution in [2.24, 2.45) is 12.8 Å². The topological polar surface area (TPSA) is 64.2 Å². The van der Waals surface area contributed by atoms with Crippen molar-refractivity contribution in [3.8, 4) is 0 Å². The summed E-state index contributed by atoms with van der Waals surface area (Å²) in [6, 6.07) is 9.22. The SMILES string of the molecule is CN(C(=O)C(N)Cc1ccccc1)c1cnn(C)c1.Cl.Cl. The number of hydrogen-bond acceptors (Lipinski definition) is 3. The molecule has 0 bridgehead atoms.